The molecule has 0 saturated carbocycles. The Balaban J connectivity index is 2.16. The van der Waals surface area contributed by atoms with Gasteiger partial charge in [0.05, 0.1) is 9.75 Å². The van der Waals surface area contributed by atoms with Gasteiger partial charge in [-0.3, -0.25) is 4.79 Å². The molecule has 0 aliphatic heterocycles. The van der Waals surface area contributed by atoms with E-state index in [1.54, 1.807) is 22.7 Å². The van der Waals surface area contributed by atoms with Gasteiger partial charge in [0.15, 0.2) is 5.78 Å². The predicted molar refractivity (Wildman–Crippen MR) is 69.8 cm³/mol. The van der Waals surface area contributed by atoms with Crippen molar-refractivity contribution in [2.75, 3.05) is 0 Å². The zero-order valence-corrected chi connectivity index (χ0v) is 10.9. The number of carbonyl (C=O) groups excluding carboxylic acids is 1. The summed E-state index contributed by atoms with van der Waals surface area (Å²) < 4.78 is 0. The van der Waals surface area contributed by atoms with E-state index < -0.39 is 0 Å². The highest BCUT2D eigenvalue weighted by atomic mass is 32.1. The minimum atomic E-state index is 0.230. The van der Waals surface area contributed by atoms with Crippen LogP contribution in [0, 0.1) is 6.92 Å². The fourth-order valence-corrected chi connectivity index (χ4v) is 4.57. The van der Waals surface area contributed by atoms with Crippen LogP contribution in [0.2, 0.25) is 0 Å². The van der Waals surface area contributed by atoms with Crippen molar-refractivity contribution in [2.24, 2.45) is 0 Å². The number of rotatable bonds is 2. The smallest absolute Gasteiger partial charge is 0.196 e. The standard InChI is InChI=1S/C13H12OS2/c1-3-4-8-6-10-11(14)9-5-7(2)15-12(9)13(10)16-8/h5-6H,3-4H2,1-2H3. The lowest BCUT2D eigenvalue weighted by Crippen LogP contribution is -1.92. The van der Waals surface area contributed by atoms with Gasteiger partial charge in [-0.1, -0.05) is 13.3 Å². The molecule has 0 N–H and O–H groups in total. The molecule has 1 aliphatic rings. The maximum Gasteiger partial charge on any atom is 0.196 e. The summed E-state index contributed by atoms with van der Waals surface area (Å²) in [6.45, 7) is 4.24. The lowest BCUT2D eigenvalue weighted by atomic mass is 10.1. The van der Waals surface area contributed by atoms with E-state index in [4.69, 9.17) is 0 Å². The molecule has 0 unspecified atom stereocenters. The molecule has 0 saturated heterocycles. The minimum Gasteiger partial charge on any atom is -0.288 e. The molecule has 2 aromatic heterocycles. The van der Waals surface area contributed by atoms with E-state index in [0.29, 0.717) is 0 Å². The third kappa shape index (κ3) is 1.31. The minimum absolute atomic E-state index is 0.230. The highest BCUT2D eigenvalue weighted by molar-refractivity contribution is 7.23. The van der Waals surface area contributed by atoms with Gasteiger partial charge in [-0.2, -0.15) is 0 Å². The molecule has 0 amide bonds. The van der Waals surface area contributed by atoms with E-state index in [9.17, 15) is 4.79 Å². The summed E-state index contributed by atoms with van der Waals surface area (Å²) in [4.78, 5) is 17.1. The lowest BCUT2D eigenvalue weighted by molar-refractivity contribution is 0.104. The molecular formula is C13H12OS2. The molecule has 3 heteroatoms. The fourth-order valence-electron chi connectivity index (χ4n) is 2.15. The average Bonchev–Trinajstić information content (AvgIpc) is 2.85. The van der Waals surface area contributed by atoms with Crippen molar-refractivity contribution in [2.45, 2.75) is 26.7 Å². The number of thiophene rings is 2. The number of aryl methyl sites for hydroxylation is 2. The number of carbonyl (C=O) groups is 1. The second-order valence-electron chi connectivity index (χ2n) is 4.13. The summed E-state index contributed by atoms with van der Waals surface area (Å²) in [7, 11) is 0. The number of hydrogen-bond donors (Lipinski definition) is 0. The molecule has 1 nitrogen and oxygen atoms in total. The first-order valence-corrected chi connectivity index (χ1v) is 7.12. The lowest BCUT2D eigenvalue weighted by Gasteiger charge is -1.91. The van der Waals surface area contributed by atoms with Gasteiger partial charge in [0.25, 0.3) is 0 Å². The largest absolute Gasteiger partial charge is 0.288 e. The van der Waals surface area contributed by atoms with Crippen LogP contribution in [0.1, 0.15) is 39.0 Å². The average molecular weight is 248 g/mol. The molecule has 0 bridgehead atoms. The van der Waals surface area contributed by atoms with Crippen molar-refractivity contribution in [3.63, 3.8) is 0 Å². The third-order valence-electron chi connectivity index (χ3n) is 2.83. The first-order valence-electron chi connectivity index (χ1n) is 5.49. The second kappa shape index (κ2) is 3.54. The van der Waals surface area contributed by atoms with Crippen LogP contribution in [-0.4, -0.2) is 5.78 Å². The van der Waals surface area contributed by atoms with E-state index in [1.165, 1.54) is 19.5 Å². The van der Waals surface area contributed by atoms with Crippen LogP contribution in [0.25, 0.3) is 9.75 Å². The van der Waals surface area contributed by atoms with E-state index in [-0.39, 0.29) is 5.78 Å². The van der Waals surface area contributed by atoms with Gasteiger partial charge >= 0.3 is 0 Å². The topological polar surface area (TPSA) is 17.1 Å². The van der Waals surface area contributed by atoms with Crippen LogP contribution in [0.15, 0.2) is 12.1 Å². The van der Waals surface area contributed by atoms with Crippen LogP contribution < -0.4 is 0 Å². The molecule has 0 spiro atoms. The van der Waals surface area contributed by atoms with Crippen molar-refractivity contribution in [3.05, 3.63) is 33.0 Å². The van der Waals surface area contributed by atoms with E-state index in [0.717, 1.165) is 24.0 Å². The van der Waals surface area contributed by atoms with E-state index >= 15 is 0 Å². The Labute approximate surface area is 103 Å². The molecular weight excluding hydrogens is 236 g/mol. The molecule has 0 aromatic carbocycles. The molecule has 82 valence electrons. The Kier molecular flexibility index (Phi) is 2.26. The number of hydrogen-bond acceptors (Lipinski definition) is 3. The number of fused-ring (bicyclic) bond motifs is 3. The van der Waals surface area contributed by atoms with Crippen molar-refractivity contribution < 1.29 is 4.79 Å². The van der Waals surface area contributed by atoms with Gasteiger partial charge in [-0.05, 0) is 25.5 Å². The molecule has 0 atom stereocenters. The molecule has 3 rings (SSSR count). The zero-order valence-electron chi connectivity index (χ0n) is 9.29. The monoisotopic (exact) mass is 248 g/mol. The Morgan fingerprint density at radius 1 is 1.12 bits per heavy atom. The van der Waals surface area contributed by atoms with Crippen molar-refractivity contribution in [1.82, 2.24) is 0 Å². The van der Waals surface area contributed by atoms with Crippen LogP contribution in [0.3, 0.4) is 0 Å². The van der Waals surface area contributed by atoms with Gasteiger partial charge in [0, 0.05) is 20.9 Å². The Bertz CT molecular complexity index is 575. The maximum absolute atomic E-state index is 12.1. The predicted octanol–water partition coefficient (Wildman–Crippen LogP) is 4.28. The van der Waals surface area contributed by atoms with Crippen LogP contribution in [0.5, 0.6) is 0 Å². The van der Waals surface area contributed by atoms with Gasteiger partial charge < -0.3 is 0 Å². The van der Waals surface area contributed by atoms with Gasteiger partial charge in [0.1, 0.15) is 0 Å². The summed E-state index contributed by atoms with van der Waals surface area (Å²) in [6.07, 6.45) is 2.23. The molecule has 2 aromatic rings. The molecule has 1 aliphatic carbocycles. The van der Waals surface area contributed by atoms with Crippen LogP contribution in [0.4, 0.5) is 0 Å². The van der Waals surface area contributed by atoms with Crippen molar-refractivity contribution in [3.8, 4) is 9.75 Å². The first-order chi connectivity index (χ1) is 7.70. The Morgan fingerprint density at radius 2 is 1.81 bits per heavy atom. The Morgan fingerprint density at radius 3 is 2.56 bits per heavy atom. The number of ketones is 1. The SMILES string of the molecule is CCCc1cc2c(s1)-c1sc(C)cc1C2=O. The summed E-state index contributed by atoms with van der Waals surface area (Å²) in [5, 5.41) is 0. The van der Waals surface area contributed by atoms with Gasteiger partial charge in [-0.15, -0.1) is 22.7 Å². The quantitative estimate of drug-likeness (QED) is 0.661. The van der Waals surface area contributed by atoms with Crippen LogP contribution >= 0.6 is 22.7 Å². The molecule has 2 heterocycles. The van der Waals surface area contributed by atoms with E-state index in [1.807, 2.05) is 6.07 Å². The van der Waals surface area contributed by atoms with Gasteiger partial charge in [-0.25, -0.2) is 0 Å². The summed E-state index contributed by atoms with van der Waals surface area (Å²) in [6, 6.07) is 4.11. The highest BCUT2D eigenvalue weighted by Crippen LogP contribution is 2.46. The normalized spacial score (nSPS) is 13.0. The molecule has 16 heavy (non-hydrogen) atoms. The van der Waals surface area contributed by atoms with E-state index in [2.05, 4.69) is 19.9 Å². The third-order valence-corrected chi connectivity index (χ3v) is 5.24. The molecule has 0 radical (unpaired) electrons. The first kappa shape index (κ1) is 10.2. The fraction of sp³-hybridized carbons (Fsp3) is 0.308. The van der Waals surface area contributed by atoms with Gasteiger partial charge in [0.2, 0.25) is 0 Å². The summed E-state index contributed by atoms with van der Waals surface area (Å²) in [5.74, 6) is 0.230. The zero-order chi connectivity index (χ0) is 11.3. The Hall–Kier alpha value is -0.930. The summed E-state index contributed by atoms with van der Waals surface area (Å²) >= 11 is 3.54. The molecule has 0 fully saturated rings. The second-order valence-corrected chi connectivity index (χ2v) is 6.53. The van der Waals surface area contributed by atoms with Crippen molar-refractivity contribution in [1.29, 1.82) is 0 Å². The van der Waals surface area contributed by atoms with Crippen LogP contribution in [-0.2, 0) is 6.42 Å². The summed E-state index contributed by atoms with van der Waals surface area (Å²) in [5.41, 5.74) is 1.86. The maximum atomic E-state index is 12.1. The highest BCUT2D eigenvalue weighted by Gasteiger charge is 2.31. The van der Waals surface area contributed by atoms with Crippen molar-refractivity contribution >= 4 is 28.5 Å².